The Hall–Kier alpha value is 0.140. The van der Waals surface area contributed by atoms with Gasteiger partial charge in [0.1, 0.15) is 0 Å². The number of nitriles is 1. The van der Waals surface area contributed by atoms with Crippen LogP contribution in [0.1, 0.15) is 6.42 Å². The van der Waals surface area contributed by atoms with Crippen molar-refractivity contribution in [1.29, 1.82) is 5.26 Å². The predicted octanol–water partition coefficient (Wildman–Crippen LogP) is -2.99. The molecule has 11 heavy (non-hydrogen) atoms. The molecule has 6 heteroatoms. The van der Waals surface area contributed by atoms with E-state index in [2.05, 4.69) is 6.58 Å². The maximum atomic E-state index is 9.95. The van der Waals surface area contributed by atoms with E-state index in [9.17, 15) is 13.0 Å². The van der Waals surface area contributed by atoms with Crippen LogP contribution in [-0.2, 0) is 10.1 Å². The molecule has 0 aromatic carbocycles. The summed E-state index contributed by atoms with van der Waals surface area (Å²) in [6, 6.07) is 1.64. The van der Waals surface area contributed by atoms with Gasteiger partial charge in [0.15, 0.2) is 0 Å². The second-order valence-electron chi connectivity index (χ2n) is 1.73. The van der Waals surface area contributed by atoms with Gasteiger partial charge in [0.05, 0.1) is 16.2 Å². The van der Waals surface area contributed by atoms with E-state index in [1.807, 2.05) is 0 Å². The Labute approximate surface area is 87.9 Å². The smallest absolute Gasteiger partial charge is 0.748 e. The third-order valence-corrected chi connectivity index (χ3v) is 1.52. The van der Waals surface area contributed by atoms with Crippen LogP contribution in [0.15, 0.2) is 12.2 Å². The first-order chi connectivity index (χ1) is 4.45. The van der Waals surface area contributed by atoms with E-state index in [-0.39, 0.29) is 41.6 Å². The zero-order valence-electron chi connectivity index (χ0n) is 6.20. The molecule has 0 fully saturated rings. The van der Waals surface area contributed by atoms with Gasteiger partial charge in [0.2, 0.25) is 0 Å². The molecule has 0 saturated carbocycles. The fourth-order valence-corrected chi connectivity index (χ4v) is 0.801. The van der Waals surface area contributed by atoms with Gasteiger partial charge in [-0.2, -0.15) is 5.26 Å². The number of allylic oxidation sites excluding steroid dienone is 1. The second kappa shape index (κ2) is 5.75. The summed E-state index contributed by atoms with van der Waals surface area (Å²) in [6.45, 7) is 3.21. The summed E-state index contributed by atoms with van der Waals surface area (Å²) in [5, 5.41) is 8.09. The largest absolute Gasteiger partial charge is 1.00 e. The third kappa shape index (κ3) is 10.1. The zero-order chi connectivity index (χ0) is 8.20. The average molecular weight is 183 g/mol. The van der Waals surface area contributed by atoms with Crippen molar-refractivity contribution in [2.75, 3.05) is 5.75 Å². The maximum Gasteiger partial charge on any atom is 1.00 e. The van der Waals surface area contributed by atoms with Crippen molar-refractivity contribution < 1.29 is 42.5 Å². The Morgan fingerprint density at radius 2 is 2.09 bits per heavy atom. The van der Waals surface area contributed by atoms with Crippen molar-refractivity contribution >= 4 is 10.1 Å². The molecule has 0 spiro atoms. The molecule has 0 aliphatic rings. The number of hydrogen-bond donors (Lipinski definition) is 0. The van der Waals surface area contributed by atoms with Gasteiger partial charge in [-0.15, -0.1) is 0 Å². The first kappa shape index (κ1) is 13.7. The monoisotopic (exact) mass is 183 g/mol. The van der Waals surface area contributed by atoms with Gasteiger partial charge in [-0.25, -0.2) is 8.42 Å². The molecule has 0 saturated heterocycles. The predicted molar refractivity (Wildman–Crippen MR) is 33.9 cm³/mol. The average Bonchev–Trinajstić information content (AvgIpc) is 1.81. The second-order valence-corrected chi connectivity index (χ2v) is 3.25. The first-order valence-electron chi connectivity index (χ1n) is 2.47. The minimum Gasteiger partial charge on any atom is -0.748 e. The van der Waals surface area contributed by atoms with E-state index in [0.717, 1.165) is 0 Å². The standard InChI is InChI=1S/C5H7NO3S.Na/c1-5(4-6)2-3-10(7,8)9;/h1-3H2,(H,7,8,9);/q;+1/p-1. The fraction of sp³-hybridized carbons (Fsp3) is 0.400. The summed E-state index contributed by atoms with van der Waals surface area (Å²) in [4.78, 5) is 0. The Kier molecular flexibility index (Phi) is 7.16. The summed E-state index contributed by atoms with van der Waals surface area (Å²) in [5.41, 5.74) is 0.111. The number of rotatable bonds is 3. The van der Waals surface area contributed by atoms with Gasteiger partial charge in [-0.05, 0) is 6.42 Å². The summed E-state index contributed by atoms with van der Waals surface area (Å²) in [5.74, 6) is -0.542. The van der Waals surface area contributed by atoms with Crippen LogP contribution in [0.4, 0.5) is 0 Å². The molecule has 0 aliphatic carbocycles. The van der Waals surface area contributed by atoms with Gasteiger partial charge < -0.3 is 4.55 Å². The quantitative estimate of drug-likeness (QED) is 0.265. The van der Waals surface area contributed by atoms with Crippen LogP contribution >= 0.6 is 0 Å². The van der Waals surface area contributed by atoms with Gasteiger partial charge in [0.25, 0.3) is 0 Å². The molecule has 0 aromatic rings. The minimum atomic E-state index is -4.19. The van der Waals surface area contributed by atoms with Crippen LogP contribution in [0.2, 0.25) is 0 Å². The van der Waals surface area contributed by atoms with Crippen LogP contribution in [-0.4, -0.2) is 18.7 Å². The molecular formula is C5H6NNaO3S. The van der Waals surface area contributed by atoms with Crippen LogP contribution in [0, 0.1) is 11.3 Å². The van der Waals surface area contributed by atoms with Gasteiger partial charge in [-0.3, -0.25) is 0 Å². The zero-order valence-corrected chi connectivity index (χ0v) is 9.02. The molecule has 0 aromatic heterocycles. The van der Waals surface area contributed by atoms with Crippen molar-refractivity contribution in [3.8, 4) is 6.07 Å². The molecule has 0 heterocycles. The minimum absolute atomic E-state index is 0. The Bertz CT molecular complexity index is 264. The van der Waals surface area contributed by atoms with Gasteiger partial charge in [-0.1, -0.05) is 6.58 Å². The molecule has 0 aliphatic heterocycles. The third-order valence-electron chi connectivity index (χ3n) is 0.812. The molecule has 0 rings (SSSR count). The van der Waals surface area contributed by atoms with Crippen molar-refractivity contribution in [3.05, 3.63) is 12.2 Å². The van der Waals surface area contributed by atoms with Crippen molar-refractivity contribution in [1.82, 2.24) is 0 Å². The van der Waals surface area contributed by atoms with Crippen LogP contribution in [0.3, 0.4) is 0 Å². The molecule has 56 valence electrons. The normalized spacial score (nSPS) is 9.45. The topological polar surface area (TPSA) is 81.0 Å². The van der Waals surface area contributed by atoms with E-state index < -0.39 is 15.9 Å². The van der Waals surface area contributed by atoms with E-state index in [0.29, 0.717) is 0 Å². The molecule has 0 amide bonds. The summed E-state index contributed by atoms with van der Waals surface area (Å²) in [7, 11) is -4.19. The molecular weight excluding hydrogens is 177 g/mol. The SMILES string of the molecule is C=C(C#N)CCS(=O)(=O)[O-].[Na+]. The maximum absolute atomic E-state index is 9.95. The Morgan fingerprint density at radius 1 is 1.64 bits per heavy atom. The van der Waals surface area contributed by atoms with E-state index >= 15 is 0 Å². The number of hydrogen-bond acceptors (Lipinski definition) is 4. The van der Waals surface area contributed by atoms with Crippen LogP contribution in [0.5, 0.6) is 0 Å². The van der Waals surface area contributed by atoms with E-state index in [4.69, 9.17) is 5.26 Å². The summed E-state index contributed by atoms with van der Waals surface area (Å²) in [6.07, 6.45) is -0.0671. The van der Waals surface area contributed by atoms with Crippen LogP contribution in [0.25, 0.3) is 0 Å². The molecule has 0 atom stereocenters. The van der Waals surface area contributed by atoms with E-state index in [1.165, 1.54) is 0 Å². The van der Waals surface area contributed by atoms with Crippen molar-refractivity contribution in [3.63, 3.8) is 0 Å². The van der Waals surface area contributed by atoms with Gasteiger partial charge in [0, 0.05) is 11.3 Å². The molecule has 0 N–H and O–H groups in total. The molecule has 0 bridgehead atoms. The molecule has 4 nitrogen and oxygen atoms in total. The molecule has 0 unspecified atom stereocenters. The fourth-order valence-electron chi connectivity index (χ4n) is 0.304. The molecule has 0 radical (unpaired) electrons. The summed E-state index contributed by atoms with van der Waals surface area (Å²) < 4.78 is 29.8. The Morgan fingerprint density at radius 3 is 2.36 bits per heavy atom. The summed E-state index contributed by atoms with van der Waals surface area (Å²) >= 11 is 0. The first-order valence-corrected chi connectivity index (χ1v) is 4.05. The van der Waals surface area contributed by atoms with Crippen molar-refractivity contribution in [2.45, 2.75) is 6.42 Å². The van der Waals surface area contributed by atoms with Crippen molar-refractivity contribution in [2.24, 2.45) is 0 Å². The van der Waals surface area contributed by atoms with Gasteiger partial charge >= 0.3 is 29.6 Å². The van der Waals surface area contributed by atoms with Crippen LogP contribution < -0.4 is 29.6 Å². The number of nitrogens with zero attached hydrogens (tertiary/aromatic N) is 1. The van der Waals surface area contributed by atoms with E-state index in [1.54, 1.807) is 6.07 Å². The Balaban J connectivity index is 0.